The van der Waals surface area contributed by atoms with Gasteiger partial charge in [0.25, 0.3) is 0 Å². The van der Waals surface area contributed by atoms with E-state index in [-0.39, 0.29) is 22.7 Å². The first-order chi connectivity index (χ1) is 10.6. The van der Waals surface area contributed by atoms with Crippen LogP contribution in [0, 0.1) is 11.3 Å². The SMILES string of the molecule is CCC(CC)C(=O)Nc1sc2c(c1CN)CC(C)(C)CC2(C)C. The number of anilines is 1. The van der Waals surface area contributed by atoms with Gasteiger partial charge >= 0.3 is 0 Å². The van der Waals surface area contributed by atoms with Crippen molar-refractivity contribution in [1.29, 1.82) is 0 Å². The van der Waals surface area contributed by atoms with Crippen molar-refractivity contribution in [3.63, 3.8) is 0 Å². The van der Waals surface area contributed by atoms with Crippen molar-refractivity contribution in [2.75, 3.05) is 5.32 Å². The summed E-state index contributed by atoms with van der Waals surface area (Å²) in [6.45, 7) is 13.9. The molecule has 1 aliphatic carbocycles. The van der Waals surface area contributed by atoms with Crippen molar-refractivity contribution in [2.45, 2.75) is 79.2 Å². The van der Waals surface area contributed by atoms with Crippen molar-refractivity contribution in [3.05, 3.63) is 16.0 Å². The van der Waals surface area contributed by atoms with E-state index in [0.29, 0.717) is 6.54 Å². The van der Waals surface area contributed by atoms with E-state index in [1.807, 2.05) is 0 Å². The van der Waals surface area contributed by atoms with E-state index in [9.17, 15) is 4.79 Å². The quantitative estimate of drug-likeness (QED) is 0.809. The normalized spacial score (nSPS) is 18.8. The molecule has 1 amide bonds. The molecule has 0 saturated heterocycles. The first-order valence-electron chi connectivity index (χ1n) is 8.81. The Morgan fingerprint density at radius 2 is 1.87 bits per heavy atom. The number of hydrogen-bond donors (Lipinski definition) is 2. The highest BCUT2D eigenvalue weighted by atomic mass is 32.1. The number of thiophene rings is 1. The average molecular weight is 337 g/mol. The number of nitrogens with one attached hydrogen (secondary N) is 1. The van der Waals surface area contributed by atoms with Crippen LogP contribution >= 0.6 is 11.3 Å². The van der Waals surface area contributed by atoms with Gasteiger partial charge in [-0.05, 0) is 42.1 Å². The molecule has 1 aromatic rings. The topological polar surface area (TPSA) is 55.1 Å². The predicted octanol–water partition coefficient (Wildman–Crippen LogP) is 4.83. The smallest absolute Gasteiger partial charge is 0.228 e. The zero-order valence-corrected chi connectivity index (χ0v) is 16.3. The number of fused-ring (bicyclic) bond motifs is 1. The number of hydrogen-bond acceptors (Lipinski definition) is 3. The summed E-state index contributed by atoms with van der Waals surface area (Å²) >= 11 is 1.75. The molecule has 4 heteroatoms. The van der Waals surface area contributed by atoms with E-state index in [0.717, 1.165) is 36.2 Å². The Balaban J connectivity index is 2.41. The van der Waals surface area contributed by atoms with Gasteiger partial charge in [0.2, 0.25) is 5.91 Å². The second kappa shape index (κ2) is 6.56. The van der Waals surface area contributed by atoms with E-state index in [1.165, 1.54) is 10.4 Å². The lowest BCUT2D eigenvalue weighted by Gasteiger charge is -2.40. The van der Waals surface area contributed by atoms with Crippen molar-refractivity contribution in [3.8, 4) is 0 Å². The van der Waals surface area contributed by atoms with E-state index < -0.39 is 0 Å². The second-order valence-corrected chi connectivity index (χ2v) is 9.35. The van der Waals surface area contributed by atoms with Crippen LogP contribution in [-0.4, -0.2) is 5.91 Å². The second-order valence-electron chi connectivity index (χ2n) is 8.33. The molecule has 0 fully saturated rings. The summed E-state index contributed by atoms with van der Waals surface area (Å²) in [7, 11) is 0. The van der Waals surface area contributed by atoms with Crippen molar-refractivity contribution < 1.29 is 4.79 Å². The lowest BCUT2D eigenvalue weighted by Crippen LogP contribution is -2.34. The van der Waals surface area contributed by atoms with Gasteiger partial charge in [0.15, 0.2) is 0 Å². The first kappa shape index (κ1) is 18.5. The summed E-state index contributed by atoms with van der Waals surface area (Å²) in [5.41, 5.74) is 9.03. The van der Waals surface area contributed by atoms with Crippen LogP contribution in [0.15, 0.2) is 0 Å². The van der Waals surface area contributed by atoms with Gasteiger partial charge in [-0.25, -0.2) is 0 Å². The highest BCUT2D eigenvalue weighted by Crippen LogP contribution is 2.51. The van der Waals surface area contributed by atoms with Crippen LogP contribution in [0.2, 0.25) is 0 Å². The fourth-order valence-corrected chi connectivity index (χ4v) is 5.59. The highest BCUT2D eigenvalue weighted by Gasteiger charge is 2.40. The molecular weight excluding hydrogens is 304 g/mol. The third kappa shape index (κ3) is 3.63. The van der Waals surface area contributed by atoms with Gasteiger partial charge in [-0.3, -0.25) is 4.79 Å². The Labute approximate surface area is 145 Å². The standard InChI is InChI=1S/C19H32N2OS/c1-7-12(8-2)16(22)21-17-14(10-20)13-9-18(3,4)11-19(5,6)15(13)23-17/h12H,7-11,20H2,1-6H3,(H,21,22). The van der Waals surface area contributed by atoms with Gasteiger partial charge in [0.1, 0.15) is 0 Å². The number of carbonyl (C=O) groups excluding carboxylic acids is 1. The maximum atomic E-state index is 12.5. The van der Waals surface area contributed by atoms with Crippen molar-refractivity contribution >= 4 is 22.2 Å². The number of rotatable bonds is 5. The molecule has 1 aliphatic rings. The van der Waals surface area contributed by atoms with E-state index in [2.05, 4.69) is 46.9 Å². The molecule has 0 spiro atoms. The van der Waals surface area contributed by atoms with E-state index >= 15 is 0 Å². The predicted molar refractivity (Wildman–Crippen MR) is 100 cm³/mol. The molecule has 2 rings (SSSR count). The van der Waals surface area contributed by atoms with Crippen LogP contribution in [0.25, 0.3) is 0 Å². The molecule has 0 atom stereocenters. The van der Waals surface area contributed by atoms with Gasteiger partial charge in [-0.1, -0.05) is 41.5 Å². The molecule has 0 aromatic carbocycles. The van der Waals surface area contributed by atoms with Gasteiger partial charge in [0, 0.05) is 22.9 Å². The molecule has 1 aromatic heterocycles. The molecule has 23 heavy (non-hydrogen) atoms. The maximum Gasteiger partial charge on any atom is 0.228 e. The van der Waals surface area contributed by atoms with Gasteiger partial charge in [-0.15, -0.1) is 11.3 Å². The molecule has 0 radical (unpaired) electrons. The Morgan fingerprint density at radius 3 is 2.39 bits per heavy atom. The first-order valence-corrected chi connectivity index (χ1v) is 9.62. The summed E-state index contributed by atoms with van der Waals surface area (Å²) in [5, 5.41) is 4.17. The van der Waals surface area contributed by atoms with E-state index in [1.54, 1.807) is 11.3 Å². The van der Waals surface area contributed by atoms with E-state index in [4.69, 9.17) is 5.73 Å². The van der Waals surface area contributed by atoms with Crippen LogP contribution in [-0.2, 0) is 23.2 Å². The molecule has 1 heterocycles. The summed E-state index contributed by atoms with van der Waals surface area (Å²) in [6, 6.07) is 0. The molecule has 0 aliphatic heterocycles. The van der Waals surface area contributed by atoms with Crippen LogP contribution in [0.5, 0.6) is 0 Å². The molecule has 0 bridgehead atoms. The minimum atomic E-state index is 0.0872. The Kier molecular flexibility index (Phi) is 5.27. The number of amides is 1. The van der Waals surface area contributed by atoms with Crippen LogP contribution in [0.1, 0.15) is 76.8 Å². The zero-order chi connectivity index (χ0) is 17.4. The maximum absolute atomic E-state index is 12.5. The Bertz CT molecular complexity index is 582. The van der Waals surface area contributed by atoms with Gasteiger partial charge in [0.05, 0.1) is 5.00 Å². The monoisotopic (exact) mass is 336 g/mol. The molecule has 0 unspecified atom stereocenters. The summed E-state index contributed by atoms with van der Waals surface area (Å²) in [5.74, 6) is 0.226. The minimum Gasteiger partial charge on any atom is -0.326 e. The minimum absolute atomic E-state index is 0.0872. The summed E-state index contributed by atoms with van der Waals surface area (Å²) in [6.07, 6.45) is 3.97. The summed E-state index contributed by atoms with van der Waals surface area (Å²) < 4.78 is 0. The third-order valence-electron chi connectivity index (χ3n) is 5.10. The van der Waals surface area contributed by atoms with Gasteiger partial charge in [-0.2, -0.15) is 0 Å². The fraction of sp³-hybridized carbons (Fsp3) is 0.737. The number of nitrogens with two attached hydrogens (primary N) is 1. The Morgan fingerprint density at radius 1 is 1.26 bits per heavy atom. The molecule has 0 saturated carbocycles. The van der Waals surface area contributed by atoms with Crippen LogP contribution in [0.4, 0.5) is 5.00 Å². The van der Waals surface area contributed by atoms with Crippen LogP contribution in [0.3, 0.4) is 0 Å². The van der Waals surface area contributed by atoms with Crippen molar-refractivity contribution in [2.24, 2.45) is 17.1 Å². The number of carbonyl (C=O) groups is 1. The van der Waals surface area contributed by atoms with Crippen molar-refractivity contribution in [1.82, 2.24) is 0 Å². The third-order valence-corrected chi connectivity index (χ3v) is 6.66. The lowest BCUT2D eigenvalue weighted by molar-refractivity contribution is -0.120. The Hall–Kier alpha value is -0.870. The van der Waals surface area contributed by atoms with Gasteiger partial charge < -0.3 is 11.1 Å². The zero-order valence-electron chi connectivity index (χ0n) is 15.5. The fourth-order valence-electron chi connectivity index (χ4n) is 4.24. The average Bonchev–Trinajstić information content (AvgIpc) is 2.76. The molecule has 3 nitrogen and oxygen atoms in total. The highest BCUT2D eigenvalue weighted by molar-refractivity contribution is 7.16. The lowest BCUT2D eigenvalue weighted by atomic mass is 9.65. The molecule has 130 valence electrons. The molecule has 3 N–H and O–H groups in total. The molecular formula is C19H32N2OS. The summed E-state index contributed by atoms with van der Waals surface area (Å²) in [4.78, 5) is 13.9. The largest absolute Gasteiger partial charge is 0.326 e. The van der Waals surface area contributed by atoms with Crippen LogP contribution < -0.4 is 11.1 Å².